The van der Waals surface area contributed by atoms with Gasteiger partial charge in [-0.15, -0.1) is 36.0 Å². The molecule has 0 aromatic heterocycles. The third-order valence-corrected chi connectivity index (χ3v) is 1.24. The summed E-state index contributed by atoms with van der Waals surface area (Å²) in [6, 6.07) is -0.508. The molecule has 2 nitrogen and oxygen atoms in total. The zero-order valence-corrected chi connectivity index (χ0v) is 8.14. The third kappa shape index (κ3) is 9.03. The molecular formula is C3H9NOS4. The van der Waals surface area contributed by atoms with Gasteiger partial charge >= 0.3 is 0 Å². The lowest BCUT2D eigenvalue weighted by Gasteiger charge is -1.97. The van der Waals surface area contributed by atoms with Crippen LogP contribution in [0, 0.1) is 0 Å². The average molecular weight is 203 g/mol. The van der Waals surface area contributed by atoms with Crippen molar-refractivity contribution in [1.82, 2.24) is 0 Å². The minimum Gasteiger partial charge on any atom is -0.320 e. The Morgan fingerprint density at radius 3 is 1.89 bits per heavy atom. The molecule has 0 saturated carbocycles. The van der Waals surface area contributed by atoms with E-state index in [4.69, 9.17) is 5.73 Å². The largest absolute Gasteiger partial charge is 0.320 e. The predicted octanol–water partition coefficient (Wildman–Crippen LogP) is 0.461. The Kier molecular flexibility index (Phi) is 12.7. The van der Waals surface area contributed by atoms with E-state index >= 15 is 0 Å². The summed E-state index contributed by atoms with van der Waals surface area (Å²) in [5.41, 5.74) is 5.11. The summed E-state index contributed by atoms with van der Waals surface area (Å²) < 4.78 is 0. The number of carbonyl (C=O) groups excluding carboxylic acids is 1. The molecule has 0 heterocycles. The van der Waals surface area contributed by atoms with Gasteiger partial charge in [0, 0.05) is 5.75 Å². The van der Waals surface area contributed by atoms with Crippen molar-refractivity contribution >= 4 is 53.7 Å². The average Bonchev–Trinajstić information content (AvgIpc) is 1.91. The van der Waals surface area contributed by atoms with Gasteiger partial charge in [-0.3, -0.25) is 4.79 Å². The first-order valence-electron chi connectivity index (χ1n) is 1.97. The van der Waals surface area contributed by atoms with Crippen molar-refractivity contribution < 1.29 is 4.79 Å². The van der Waals surface area contributed by atoms with Crippen LogP contribution in [-0.2, 0) is 4.79 Å². The minimum absolute atomic E-state index is 0.310. The lowest BCUT2D eigenvalue weighted by Crippen LogP contribution is -2.28. The SMILES string of the molecule is N[C@@H](CS)C(=O)S.SS. The maximum atomic E-state index is 10.1. The molecule has 0 amide bonds. The summed E-state index contributed by atoms with van der Waals surface area (Å²) in [7, 11) is 0. The lowest BCUT2D eigenvalue weighted by molar-refractivity contribution is -0.111. The van der Waals surface area contributed by atoms with Crippen molar-refractivity contribution in [2.24, 2.45) is 5.73 Å². The van der Waals surface area contributed by atoms with Crippen LogP contribution in [0.1, 0.15) is 0 Å². The van der Waals surface area contributed by atoms with Crippen LogP contribution in [0.2, 0.25) is 0 Å². The topological polar surface area (TPSA) is 43.1 Å². The summed E-state index contributed by atoms with van der Waals surface area (Å²) in [6.07, 6.45) is 0. The van der Waals surface area contributed by atoms with Crippen molar-refractivity contribution in [2.75, 3.05) is 5.75 Å². The Balaban J connectivity index is 0. The molecule has 0 bridgehead atoms. The smallest absolute Gasteiger partial charge is 0.203 e. The van der Waals surface area contributed by atoms with Gasteiger partial charge in [0.25, 0.3) is 0 Å². The van der Waals surface area contributed by atoms with Gasteiger partial charge in [0.15, 0.2) is 0 Å². The van der Waals surface area contributed by atoms with Crippen molar-refractivity contribution in [1.29, 1.82) is 0 Å². The fourth-order valence-corrected chi connectivity index (χ4v) is 0.479. The number of hydrogen-bond acceptors (Lipinski definition) is 5. The highest BCUT2D eigenvalue weighted by atomic mass is 33.1. The first-order valence-corrected chi connectivity index (χ1v) is 4.65. The quantitative estimate of drug-likeness (QED) is 0.334. The van der Waals surface area contributed by atoms with Gasteiger partial charge in [0.1, 0.15) is 0 Å². The first-order chi connectivity index (χ1) is 4.18. The normalized spacial score (nSPS) is 11.2. The first kappa shape index (κ1) is 12.7. The van der Waals surface area contributed by atoms with E-state index in [1.165, 1.54) is 0 Å². The van der Waals surface area contributed by atoms with Gasteiger partial charge in [-0.25, -0.2) is 0 Å². The van der Waals surface area contributed by atoms with E-state index in [1.54, 1.807) is 0 Å². The second kappa shape index (κ2) is 9.03. The molecule has 0 aliphatic carbocycles. The molecule has 0 saturated heterocycles. The van der Waals surface area contributed by atoms with Gasteiger partial charge in [-0.2, -0.15) is 12.6 Å². The zero-order valence-electron chi connectivity index (χ0n) is 4.56. The Bertz CT molecular complexity index is 78.2. The molecule has 9 heavy (non-hydrogen) atoms. The monoisotopic (exact) mass is 203 g/mol. The van der Waals surface area contributed by atoms with E-state index in [2.05, 4.69) is 48.6 Å². The maximum Gasteiger partial charge on any atom is 0.203 e. The van der Waals surface area contributed by atoms with Crippen LogP contribution in [0.3, 0.4) is 0 Å². The van der Waals surface area contributed by atoms with Crippen LogP contribution >= 0.6 is 48.6 Å². The summed E-state index contributed by atoms with van der Waals surface area (Å²) in [6.45, 7) is 0. The molecule has 6 heteroatoms. The van der Waals surface area contributed by atoms with Gasteiger partial charge in [0.2, 0.25) is 5.12 Å². The Morgan fingerprint density at radius 1 is 1.56 bits per heavy atom. The van der Waals surface area contributed by atoms with E-state index in [-0.39, 0.29) is 5.12 Å². The van der Waals surface area contributed by atoms with Crippen molar-refractivity contribution in [2.45, 2.75) is 6.04 Å². The molecule has 0 aromatic carbocycles. The Labute approximate surface area is 76.0 Å². The highest BCUT2D eigenvalue weighted by molar-refractivity contribution is 8.59. The summed E-state index contributed by atoms with van der Waals surface area (Å²) in [5, 5.41) is -0.310. The van der Waals surface area contributed by atoms with E-state index in [1.807, 2.05) is 0 Å². The second-order valence-electron chi connectivity index (χ2n) is 1.13. The number of nitrogens with two attached hydrogens (primary N) is 1. The molecule has 2 N–H and O–H groups in total. The molecule has 0 rings (SSSR count). The molecule has 0 aliphatic heterocycles. The third-order valence-electron chi connectivity index (χ3n) is 0.514. The summed E-state index contributed by atoms with van der Waals surface area (Å²) >= 11 is 13.7. The second-order valence-corrected chi connectivity index (χ2v) is 1.93. The van der Waals surface area contributed by atoms with E-state index in [0.29, 0.717) is 5.75 Å². The van der Waals surface area contributed by atoms with E-state index in [9.17, 15) is 4.79 Å². The molecule has 0 aromatic rings. The van der Waals surface area contributed by atoms with Crippen molar-refractivity contribution in [3.8, 4) is 0 Å². The zero-order chi connectivity index (χ0) is 7.86. The standard InChI is InChI=1S/C3H7NOS2.H2S2/c4-2(1-6)3(5)7;1-2/h2,6H,1,4H2,(H,5,7);1-2H/t2-;/m0./s1. The maximum absolute atomic E-state index is 10.1. The minimum atomic E-state index is -0.508. The van der Waals surface area contributed by atoms with Crippen molar-refractivity contribution in [3.05, 3.63) is 0 Å². The molecule has 0 aliphatic rings. The van der Waals surface area contributed by atoms with Gasteiger partial charge in [0.05, 0.1) is 6.04 Å². The Morgan fingerprint density at radius 2 is 1.89 bits per heavy atom. The Hall–Kier alpha value is 1.03. The van der Waals surface area contributed by atoms with Gasteiger partial charge in [-0.05, 0) is 0 Å². The number of hydrogen-bond donors (Lipinski definition) is 5. The molecule has 0 unspecified atom stereocenters. The predicted molar refractivity (Wildman–Crippen MR) is 53.8 cm³/mol. The van der Waals surface area contributed by atoms with E-state index < -0.39 is 6.04 Å². The molecule has 0 spiro atoms. The van der Waals surface area contributed by atoms with Crippen LogP contribution in [0.15, 0.2) is 0 Å². The van der Waals surface area contributed by atoms with Crippen LogP contribution < -0.4 is 5.73 Å². The number of thiol groups is 4. The molecule has 1 atom stereocenters. The molecule has 0 fully saturated rings. The fraction of sp³-hybridized carbons (Fsp3) is 0.667. The fourth-order valence-electron chi connectivity index (χ4n) is 0.0781. The van der Waals surface area contributed by atoms with Gasteiger partial charge in [-0.1, -0.05) is 0 Å². The van der Waals surface area contributed by atoms with Crippen molar-refractivity contribution in [3.63, 3.8) is 0 Å². The van der Waals surface area contributed by atoms with Crippen LogP contribution in [0.5, 0.6) is 0 Å². The highest BCUT2D eigenvalue weighted by Gasteiger charge is 2.03. The van der Waals surface area contributed by atoms with Crippen LogP contribution in [-0.4, -0.2) is 16.9 Å². The number of carbonyl (C=O) groups is 1. The lowest BCUT2D eigenvalue weighted by atomic mass is 10.4. The summed E-state index contributed by atoms with van der Waals surface area (Å²) in [5.74, 6) is 0.363. The van der Waals surface area contributed by atoms with Crippen LogP contribution in [0.4, 0.5) is 0 Å². The van der Waals surface area contributed by atoms with Gasteiger partial charge < -0.3 is 5.73 Å². The summed E-state index contributed by atoms with van der Waals surface area (Å²) in [4.78, 5) is 10.1. The van der Waals surface area contributed by atoms with Crippen LogP contribution in [0.25, 0.3) is 0 Å². The van der Waals surface area contributed by atoms with E-state index in [0.717, 1.165) is 0 Å². The number of rotatable bonds is 2. The molecule has 56 valence electrons. The highest BCUT2D eigenvalue weighted by Crippen LogP contribution is 1.87. The molecular weight excluding hydrogens is 194 g/mol. The molecule has 0 radical (unpaired) electrons.